The van der Waals surface area contributed by atoms with Gasteiger partial charge in [0.1, 0.15) is 17.3 Å². The maximum atomic E-state index is 13.3. The number of hydrogen-bond acceptors (Lipinski definition) is 5. The number of anilines is 2. The summed E-state index contributed by atoms with van der Waals surface area (Å²) in [6, 6.07) is 3.60. The van der Waals surface area contributed by atoms with Crippen molar-refractivity contribution in [3.05, 3.63) is 41.9 Å². The van der Waals surface area contributed by atoms with E-state index in [1.54, 1.807) is 11.1 Å². The molecule has 0 bridgehead atoms. The molecule has 0 N–H and O–H groups in total. The van der Waals surface area contributed by atoms with Crippen LogP contribution in [0, 0.1) is 23.5 Å². The molecule has 0 saturated heterocycles. The maximum Gasteiger partial charge on any atom is 0.246 e. The van der Waals surface area contributed by atoms with Crippen LogP contribution in [0.5, 0.6) is 5.75 Å². The third-order valence-electron chi connectivity index (χ3n) is 5.90. The highest BCUT2D eigenvalue weighted by molar-refractivity contribution is 6.02. The number of likely N-dealkylation sites (N-methyl/N-ethyl adjacent to an activating group) is 2. The van der Waals surface area contributed by atoms with Crippen molar-refractivity contribution < 1.29 is 18.3 Å². The van der Waals surface area contributed by atoms with E-state index >= 15 is 0 Å². The van der Waals surface area contributed by atoms with Crippen molar-refractivity contribution in [2.75, 3.05) is 36.0 Å². The van der Waals surface area contributed by atoms with Crippen molar-refractivity contribution in [2.45, 2.75) is 48.0 Å². The van der Waals surface area contributed by atoms with E-state index in [9.17, 15) is 13.6 Å². The first-order valence-electron chi connectivity index (χ1n) is 10.5. The van der Waals surface area contributed by atoms with Gasteiger partial charge in [0.15, 0.2) is 17.5 Å². The zero-order chi connectivity index (χ0) is 21.3. The van der Waals surface area contributed by atoms with Gasteiger partial charge in [-0.1, -0.05) is 14.9 Å². The average molecular weight is 449 g/mol. The summed E-state index contributed by atoms with van der Waals surface area (Å²) in [4.78, 5) is 25.3. The first kappa shape index (κ1) is 25.5. The molecular formula is C24H34F2N4O2. The summed E-state index contributed by atoms with van der Waals surface area (Å²) >= 11 is 0. The first-order valence-corrected chi connectivity index (χ1v) is 10.5. The Kier molecular flexibility index (Phi) is 8.52. The molecule has 0 spiro atoms. The molecule has 0 unspecified atom stereocenters. The van der Waals surface area contributed by atoms with E-state index in [1.807, 2.05) is 18.7 Å². The van der Waals surface area contributed by atoms with E-state index in [-0.39, 0.29) is 20.8 Å². The van der Waals surface area contributed by atoms with Crippen molar-refractivity contribution in [3.63, 3.8) is 0 Å². The largest absolute Gasteiger partial charge is 0.493 e. The number of benzene rings is 1. The molecular weight excluding hydrogens is 414 g/mol. The monoisotopic (exact) mass is 448 g/mol. The normalized spacial score (nSPS) is 19.4. The average Bonchev–Trinajstić information content (AvgIpc) is 2.71. The van der Waals surface area contributed by atoms with Crippen LogP contribution in [0.2, 0.25) is 0 Å². The summed E-state index contributed by atoms with van der Waals surface area (Å²) in [5, 5.41) is 0. The van der Waals surface area contributed by atoms with Crippen LogP contribution in [0.3, 0.4) is 0 Å². The number of carbonyl (C=O) groups excluding carboxylic acids is 1. The van der Waals surface area contributed by atoms with Crippen molar-refractivity contribution >= 4 is 17.4 Å². The predicted octanol–water partition coefficient (Wildman–Crippen LogP) is 4.87. The summed E-state index contributed by atoms with van der Waals surface area (Å²) in [7, 11) is 0. The SMILES string of the molecule is C.C.CCN1CC(=O)N(CC)c2cnc(CC3CC(COc4ccc(F)c(F)c4)C3)nc21. The Labute approximate surface area is 189 Å². The summed E-state index contributed by atoms with van der Waals surface area (Å²) in [5.41, 5.74) is 0.783. The minimum absolute atomic E-state index is 0. The molecule has 0 atom stereocenters. The molecule has 1 saturated carbocycles. The van der Waals surface area contributed by atoms with Crippen LogP contribution in [0.15, 0.2) is 24.4 Å². The number of ether oxygens (including phenoxy) is 1. The smallest absolute Gasteiger partial charge is 0.246 e. The molecule has 32 heavy (non-hydrogen) atoms. The number of nitrogens with zero attached hydrogens (tertiary/aromatic N) is 4. The van der Waals surface area contributed by atoms with Crippen LogP contribution in [0.25, 0.3) is 0 Å². The Morgan fingerprint density at radius 1 is 1.09 bits per heavy atom. The number of fused-ring (bicyclic) bond motifs is 1. The molecule has 4 rings (SSSR count). The van der Waals surface area contributed by atoms with E-state index in [4.69, 9.17) is 9.72 Å². The summed E-state index contributed by atoms with van der Waals surface area (Å²) < 4.78 is 31.8. The minimum atomic E-state index is -0.895. The number of amides is 1. The fraction of sp³-hybridized carbons (Fsp3) is 0.542. The van der Waals surface area contributed by atoms with Crippen molar-refractivity contribution in [1.29, 1.82) is 0 Å². The lowest BCUT2D eigenvalue weighted by atomic mass is 9.73. The molecule has 1 fully saturated rings. The Morgan fingerprint density at radius 2 is 1.84 bits per heavy atom. The second-order valence-electron chi connectivity index (χ2n) is 7.94. The van der Waals surface area contributed by atoms with Crippen LogP contribution in [-0.4, -0.2) is 42.1 Å². The number of carbonyl (C=O) groups is 1. The van der Waals surface area contributed by atoms with Crippen LogP contribution in [-0.2, 0) is 11.2 Å². The van der Waals surface area contributed by atoms with E-state index in [0.717, 1.165) is 55.3 Å². The van der Waals surface area contributed by atoms with Gasteiger partial charge in [-0.05, 0) is 50.7 Å². The molecule has 2 aliphatic rings. The Bertz CT molecular complexity index is 934. The zero-order valence-corrected chi connectivity index (χ0v) is 17.3. The Balaban J connectivity index is 0.00000181. The molecule has 1 amide bonds. The summed E-state index contributed by atoms with van der Waals surface area (Å²) in [6.45, 7) is 6.14. The van der Waals surface area contributed by atoms with Crippen molar-refractivity contribution in [2.24, 2.45) is 11.8 Å². The predicted molar refractivity (Wildman–Crippen MR) is 123 cm³/mol. The van der Waals surface area contributed by atoms with Gasteiger partial charge in [-0.15, -0.1) is 0 Å². The van der Waals surface area contributed by atoms with E-state index in [0.29, 0.717) is 37.3 Å². The van der Waals surface area contributed by atoms with Gasteiger partial charge in [0, 0.05) is 25.6 Å². The third kappa shape index (κ3) is 5.16. The molecule has 2 aromatic rings. The van der Waals surface area contributed by atoms with Gasteiger partial charge in [-0.25, -0.2) is 18.7 Å². The van der Waals surface area contributed by atoms with Crippen LogP contribution in [0.1, 0.15) is 47.4 Å². The highest BCUT2D eigenvalue weighted by atomic mass is 19.2. The van der Waals surface area contributed by atoms with Gasteiger partial charge in [0.25, 0.3) is 0 Å². The van der Waals surface area contributed by atoms with Crippen LogP contribution >= 0.6 is 0 Å². The molecule has 1 aromatic heterocycles. The zero-order valence-electron chi connectivity index (χ0n) is 17.3. The van der Waals surface area contributed by atoms with Crippen molar-refractivity contribution in [3.8, 4) is 5.75 Å². The van der Waals surface area contributed by atoms with Gasteiger partial charge >= 0.3 is 0 Å². The maximum absolute atomic E-state index is 13.3. The highest BCUT2D eigenvalue weighted by Crippen LogP contribution is 2.37. The fourth-order valence-electron chi connectivity index (χ4n) is 4.20. The molecule has 8 heteroatoms. The Morgan fingerprint density at radius 3 is 2.50 bits per heavy atom. The molecule has 2 heterocycles. The lowest BCUT2D eigenvalue weighted by molar-refractivity contribution is -0.117. The highest BCUT2D eigenvalue weighted by Gasteiger charge is 2.32. The van der Waals surface area contributed by atoms with E-state index in [2.05, 4.69) is 4.98 Å². The number of hydrogen-bond donors (Lipinski definition) is 0. The van der Waals surface area contributed by atoms with Crippen LogP contribution in [0.4, 0.5) is 20.3 Å². The first-order chi connectivity index (χ1) is 14.5. The number of halogens is 2. The minimum Gasteiger partial charge on any atom is -0.493 e. The van der Waals surface area contributed by atoms with Gasteiger partial charge in [0.05, 0.1) is 19.3 Å². The number of aromatic nitrogens is 2. The van der Waals surface area contributed by atoms with Gasteiger partial charge in [-0.3, -0.25) is 4.79 Å². The second-order valence-corrected chi connectivity index (χ2v) is 7.94. The molecule has 176 valence electrons. The van der Waals surface area contributed by atoms with Gasteiger partial charge < -0.3 is 14.5 Å². The topological polar surface area (TPSA) is 58.6 Å². The molecule has 1 aliphatic carbocycles. The molecule has 1 aromatic carbocycles. The van der Waals surface area contributed by atoms with Crippen molar-refractivity contribution in [1.82, 2.24) is 9.97 Å². The third-order valence-corrected chi connectivity index (χ3v) is 5.90. The second kappa shape index (κ2) is 10.7. The van der Waals surface area contributed by atoms with E-state index < -0.39 is 11.6 Å². The standard InChI is InChI=1S/C22H26F2N4O2.2CH4/c1-3-27-12-21(29)28(4-2)19-11-25-20(26-22(19)27)9-14-7-15(8-14)13-30-16-5-6-17(23)18(24)10-16;;/h5-6,10-11,14-15H,3-4,7-9,12-13H2,1-2H3;2*1H4. The molecule has 1 aliphatic heterocycles. The fourth-order valence-corrected chi connectivity index (χ4v) is 4.20. The van der Waals surface area contributed by atoms with Gasteiger partial charge in [0.2, 0.25) is 5.91 Å². The van der Waals surface area contributed by atoms with Crippen LogP contribution < -0.4 is 14.5 Å². The lowest BCUT2D eigenvalue weighted by Gasteiger charge is -2.36. The quantitative estimate of drug-likeness (QED) is 0.605. The Hall–Kier alpha value is -2.77. The lowest BCUT2D eigenvalue weighted by Crippen LogP contribution is -2.46. The number of rotatable bonds is 7. The van der Waals surface area contributed by atoms with E-state index in [1.165, 1.54) is 6.07 Å². The summed E-state index contributed by atoms with van der Waals surface area (Å²) in [5.74, 6) is 1.16. The summed E-state index contributed by atoms with van der Waals surface area (Å²) in [6.07, 6.45) is 4.53. The van der Waals surface area contributed by atoms with Gasteiger partial charge in [-0.2, -0.15) is 0 Å². The molecule has 6 nitrogen and oxygen atoms in total. The molecule has 0 radical (unpaired) electrons.